The number of hydrogen-bond acceptors (Lipinski definition) is 3. The Morgan fingerprint density at radius 3 is 2.18 bits per heavy atom. The molecule has 0 atom stereocenters. The third-order valence-corrected chi connectivity index (χ3v) is 3.03. The first-order valence-corrected chi connectivity index (χ1v) is 5.95. The molecule has 0 aliphatic carbocycles. The Balaban J connectivity index is 3.22. The van der Waals surface area contributed by atoms with Gasteiger partial charge in [0.05, 0.1) is 12.5 Å². The van der Waals surface area contributed by atoms with E-state index in [4.69, 9.17) is 0 Å². The van der Waals surface area contributed by atoms with Crippen LogP contribution >= 0.6 is 0 Å². The number of sulfone groups is 1. The topological polar surface area (TPSA) is 43.4 Å². The fourth-order valence-electron chi connectivity index (χ4n) is 1.04. The second kappa shape index (κ2) is 4.79. The lowest BCUT2D eigenvalue weighted by Gasteiger charge is -2.08. The lowest BCUT2D eigenvalue weighted by Crippen LogP contribution is -2.21. The van der Waals surface area contributed by atoms with Gasteiger partial charge >= 0.3 is 5.51 Å². The fourth-order valence-corrected chi connectivity index (χ4v) is 1.69. The van der Waals surface area contributed by atoms with E-state index in [2.05, 4.69) is 4.74 Å². The number of hydrogen-bond donors (Lipinski definition) is 0. The Hall–Kier alpha value is -1.50. The van der Waals surface area contributed by atoms with Crippen LogP contribution in [-0.2, 0) is 14.6 Å². The van der Waals surface area contributed by atoms with Crippen molar-refractivity contribution in [3.63, 3.8) is 0 Å². The van der Waals surface area contributed by atoms with Gasteiger partial charge in [0.25, 0.3) is 9.84 Å². The van der Waals surface area contributed by atoms with Crippen LogP contribution in [0, 0.1) is 0 Å². The molecule has 0 saturated heterocycles. The zero-order valence-corrected chi connectivity index (χ0v) is 9.55. The lowest BCUT2D eigenvalue weighted by molar-refractivity contribution is -0.0423. The van der Waals surface area contributed by atoms with Gasteiger partial charge in [-0.1, -0.05) is 30.3 Å². The van der Waals surface area contributed by atoms with Gasteiger partial charge in [-0.3, -0.25) is 0 Å². The van der Waals surface area contributed by atoms with Gasteiger partial charge in [-0.05, 0) is 0 Å². The van der Waals surface area contributed by atoms with E-state index in [1.54, 1.807) is 18.2 Å². The van der Waals surface area contributed by atoms with E-state index in [0.717, 1.165) is 7.11 Å². The minimum absolute atomic E-state index is 0.0718. The molecule has 0 aromatic heterocycles. The van der Waals surface area contributed by atoms with Crippen LogP contribution in [0.3, 0.4) is 0 Å². The van der Waals surface area contributed by atoms with Crippen molar-refractivity contribution < 1.29 is 26.3 Å². The number of rotatable bonds is 3. The van der Waals surface area contributed by atoms with Gasteiger partial charge in [0.1, 0.15) is 5.76 Å². The number of ether oxygens (including phenoxy) is 1. The molecule has 0 fully saturated rings. The number of alkyl halides is 3. The highest BCUT2D eigenvalue weighted by Crippen LogP contribution is 2.27. The normalized spacial score (nSPS) is 13.5. The van der Waals surface area contributed by atoms with E-state index in [-0.39, 0.29) is 16.7 Å². The summed E-state index contributed by atoms with van der Waals surface area (Å²) in [6.07, 6.45) is 0. The van der Waals surface area contributed by atoms with Crippen LogP contribution in [0.25, 0.3) is 5.76 Å². The Kier molecular flexibility index (Phi) is 3.82. The Bertz CT molecular complexity index is 503. The molecular weight excluding hydrogens is 257 g/mol. The molecule has 1 aromatic rings. The molecule has 0 unspecified atom stereocenters. The molecule has 94 valence electrons. The Labute approximate surface area is 96.4 Å². The third kappa shape index (κ3) is 3.23. The summed E-state index contributed by atoms with van der Waals surface area (Å²) in [5, 5.41) is 0.0718. The maximum absolute atomic E-state index is 12.2. The van der Waals surface area contributed by atoms with Crippen molar-refractivity contribution >= 4 is 15.6 Å². The summed E-state index contributed by atoms with van der Waals surface area (Å²) in [4.78, 5) is 0. The molecule has 3 nitrogen and oxygen atoms in total. The van der Waals surface area contributed by atoms with Crippen LogP contribution < -0.4 is 0 Å². The molecule has 0 aliphatic rings. The second-order valence-corrected chi connectivity index (χ2v) is 4.83. The largest absolute Gasteiger partial charge is 0.501 e. The van der Waals surface area contributed by atoms with E-state index in [1.165, 1.54) is 12.1 Å². The van der Waals surface area contributed by atoms with Gasteiger partial charge in [-0.25, -0.2) is 8.42 Å². The van der Waals surface area contributed by atoms with E-state index in [9.17, 15) is 21.6 Å². The van der Waals surface area contributed by atoms with Crippen LogP contribution in [0.15, 0.2) is 35.7 Å². The Morgan fingerprint density at radius 2 is 1.76 bits per heavy atom. The van der Waals surface area contributed by atoms with Crippen LogP contribution in [0.1, 0.15) is 5.56 Å². The second-order valence-electron chi connectivity index (χ2n) is 3.04. The first kappa shape index (κ1) is 13.6. The molecule has 0 bridgehead atoms. The van der Waals surface area contributed by atoms with Crippen LogP contribution in [0.4, 0.5) is 13.2 Å². The highest BCUT2D eigenvalue weighted by molar-refractivity contribution is 7.95. The summed E-state index contributed by atoms with van der Waals surface area (Å²) in [5.41, 5.74) is -5.08. The van der Waals surface area contributed by atoms with Crippen LogP contribution in [0.2, 0.25) is 0 Å². The van der Waals surface area contributed by atoms with E-state index < -0.39 is 15.3 Å². The zero-order chi connectivity index (χ0) is 13.1. The van der Waals surface area contributed by atoms with Crippen LogP contribution in [-0.4, -0.2) is 21.0 Å². The minimum Gasteiger partial charge on any atom is -0.495 e. The van der Waals surface area contributed by atoms with Crippen molar-refractivity contribution in [2.75, 3.05) is 7.11 Å². The average Bonchev–Trinajstić information content (AvgIpc) is 2.25. The summed E-state index contributed by atoms with van der Waals surface area (Å²) in [5.74, 6) is -0.358. The van der Waals surface area contributed by atoms with Gasteiger partial charge in [0.15, 0.2) is 0 Å². The molecular formula is C10H9F3O3S. The summed E-state index contributed by atoms with van der Waals surface area (Å²) in [6, 6.07) is 7.66. The van der Waals surface area contributed by atoms with Crippen molar-refractivity contribution in [3.05, 3.63) is 41.3 Å². The molecule has 0 heterocycles. The monoisotopic (exact) mass is 266 g/mol. The lowest BCUT2D eigenvalue weighted by atomic mass is 10.2. The maximum atomic E-state index is 12.2. The van der Waals surface area contributed by atoms with Crippen molar-refractivity contribution in [1.29, 1.82) is 0 Å². The predicted octanol–water partition coefficient (Wildman–Crippen LogP) is 2.57. The summed E-state index contributed by atoms with van der Waals surface area (Å²) in [7, 11) is -4.24. The van der Waals surface area contributed by atoms with E-state index in [1.807, 2.05) is 0 Å². The quantitative estimate of drug-likeness (QED) is 0.790. The zero-order valence-electron chi connectivity index (χ0n) is 8.73. The molecule has 0 N–H and O–H groups in total. The smallest absolute Gasteiger partial charge is 0.495 e. The van der Waals surface area contributed by atoms with Crippen molar-refractivity contribution in [2.45, 2.75) is 5.51 Å². The Morgan fingerprint density at radius 1 is 1.24 bits per heavy atom. The van der Waals surface area contributed by atoms with Gasteiger partial charge in [0.2, 0.25) is 0 Å². The van der Waals surface area contributed by atoms with Crippen molar-refractivity contribution in [1.82, 2.24) is 0 Å². The first-order valence-electron chi connectivity index (χ1n) is 4.40. The molecule has 1 rings (SSSR count). The number of halogens is 3. The van der Waals surface area contributed by atoms with Crippen LogP contribution in [0.5, 0.6) is 0 Å². The minimum atomic E-state index is -5.34. The number of methoxy groups -OCH3 is 1. The predicted molar refractivity (Wildman–Crippen MR) is 56.4 cm³/mol. The highest BCUT2D eigenvalue weighted by Gasteiger charge is 2.44. The summed E-state index contributed by atoms with van der Waals surface area (Å²) < 4.78 is 62.9. The van der Waals surface area contributed by atoms with E-state index >= 15 is 0 Å². The first-order chi connectivity index (χ1) is 7.78. The molecule has 17 heavy (non-hydrogen) atoms. The average molecular weight is 266 g/mol. The van der Waals surface area contributed by atoms with E-state index in [0.29, 0.717) is 0 Å². The van der Waals surface area contributed by atoms with Gasteiger partial charge in [-0.15, -0.1) is 0 Å². The molecule has 1 aromatic carbocycles. The molecule has 7 heteroatoms. The van der Waals surface area contributed by atoms with Gasteiger partial charge in [-0.2, -0.15) is 13.2 Å². The van der Waals surface area contributed by atoms with Crippen molar-refractivity contribution in [2.24, 2.45) is 0 Å². The molecule has 0 saturated carbocycles. The molecule has 0 radical (unpaired) electrons. The van der Waals surface area contributed by atoms with Gasteiger partial charge < -0.3 is 4.74 Å². The number of benzene rings is 1. The SMILES string of the molecule is CO/C(=C\S(=O)(=O)C(F)(F)F)c1ccccc1. The maximum Gasteiger partial charge on any atom is 0.501 e. The fraction of sp³-hybridized carbons (Fsp3) is 0.200. The molecule has 0 spiro atoms. The third-order valence-electron chi connectivity index (χ3n) is 1.86. The molecule has 0 aliphatic heterocycles. The standard InChI is InChI=1S/C10H9F3O3S/c1-16-9(8-5-3-2-4-6-8)7-17(14,15)10(11,12)13/h2-7H,1H3/b9-7-. The van der Waals surface area contributed by atoms with Gasteiger partial charge in [0, 0.05) is 5.56 Å². The summed E-state index contributed by atoms with van der Waals surface area (Å²) >= 11 is 0. The highest BCUT2D eigenvalue weighted by atomic mass is 32.2. The molecule has 0 amide bonds. The van der Waals surface area contributed by atoms with Crippen molar-refractivity contribution in [3.8, 4) is 0 Å². The summed E-state index contributed by atoms with van der Waals surface area (Å²) in [6.45, 7) is 0.